The molecule has 0 amide bonds. The van der Waals surface area contributed by atoms with Crippen molar-refractivity contribution in [3.63, 3.8) is 0 Å². The molecule has 0 aliphatic carbocycles. The predicted molar refractivity (Wildman–Crippen MR) is 40.5 cm³/mol. The van der Waals surface area contributed by atoms with Gasteiger partial charge in [-0.1, -0.05) is 6.08 Å². The van der Waals surface area contributed by atoms with Crippen LogP contribution in [0.2, 0.25) is 0 Å². The molecule has 0 atom stereocenters. The number of hydrogen-bond acceptors (Lipinski definition) is 4. The van der Waals surface area contributed by atoms with Crippen LogP contribution >= 0.6 is 0 Å². The molecule has 2 N–H and O–H groups in total. The van der Waals surface area contributed by atoms with Crippen LogP contribution < -0.4 is 0 Å². The van der Waals surface area contributed by atoms with E-state index in [0.717, 1.165) is 0 Å². The number of rotatable bonds is 3. The lowest BCUT2D eigenvalue weighted by Gasteiger charge is -1.88. The Balaban J connectivity index is 0. The van der Waals surface area contributed by atoms with Gasteiger partial charge in [-0.3, -0.25) is 4.55 Å². The molecule has 68 valence electrons. The zero-order valence-corrected chi connectivity index (χ0v) is 7.04. The van der Waals surface area contributed by atoms with Crippen molar-refractivity contribution in [2.75, 3.05) is 13.2 Å². The molecule has 0 saturated carbocycles. The lowest BCUT2D eigenvalue weighted by molar-refractivity contribution is 0.283. The first kappa shape index (κ1) is 13.2. The molecule has 11 heavy (non-hydrogen) atoms. The summed E-state index contributed by atoms with van der Waals surface area (Å²) in [7, 11) is -4.17. The average Bonchev–Trinajstić information content (AvgIpc) is 1.86. The van der Waals surface area contributed by atoms with Gasteiger partial charge in [0.2, 0.25) is 0 Å². The van der Waals surface area contributed by atoms with Crippen LogP contribution in [0, 0.1) is 0 Å². The van der Waals surface area contributed by atoms with Crippen molar-refractivity contribution in [3.8, 4) is 0 Å². The Morgan fingerprint density at radius 2 is 2.00 bits per heavy atom. The molecule has 0 unspecified atom stereocenters. The molecule has 0 aromatic carbocycles. The van der Waals surface area contributed by atoms with Crippen molar-refractivity contribution >= 4 is 10.4 Å². The molecule has 0 fully saturated rings. The number of aliphatic hydroxyl groups excluding tert-OH is 1. The van der Waals surface area contributed by atoms with Gasteiger partial charge < -0.3 is 5.11 Å². The number of aliphatic hydroxyl groups is 1. The third-order valence-electron chi connectivity index (χ3n) is 0.396. The van der Waals surface area contributed by atoms with E-state index in [4.69, 9.17) is 9.66 Å². The van der Waals surface area contributed by atoms with E-state index in [1.165, 1.54) is 13.0 Å². The predicted octanol–water partition coefficient (Wildman–Crippen LogP) is -0.00960. The first-order valence-corrected chi connectivity index (χ1v) is 4.18. The first-order chi connectivity index (χ1) is 4.97. The molecule has 6 heteroatoms. The SMILES string of the molecule is C=CCO.CCOS(=O)(=O)O. The second-order valence-corrected chi connectivity index (χ2v) is 2.40. The quantitative estimate of drug-likeness (QED) is 0.476. The standard InChI is InChI=1S/C3H6O.C2H6O4S/c1-2-3-4;1-2-6-7(3,4)5/h2,4H,1,3H2;2H2,1H3,(H,3,4,5). The molecule has 0 saturated heterocycles. The molecule has 0 radical (unpaired) electrons. The van der Waals surface area contributed by atoms with Crippen molar-refractivity contribution in [2.45, 2.75) is 6.92 Å². The molecule has 0 aromatic rings. The molecule has 0 rings (SSSR count). The van der Waals surface area contributed by atoms with Crippen molar-refractivity contribution in [2.24, 2.45) is 0 Å². The molecule has 0 spiro atoms. The summed E-state index contributed by atoms with van der Waals surface area (Å²) in [6, 6.07) is 0. The topological polar surface area (TPSA) is 83.8 Å². The monoisotopic (exact) mass is 184 g/mol. The van der Waals surface area contributed by atoms with Crippen LogP contribution in [0.15, 0.2) is 12.7 Å². The maximum Gasteiger partial charge on any atom is 0.397 e. The van der Waals surface area contributed by atoms with E-state index < -0.39 is 10.4 Å². The molecule has 0 aromatic heterocycles. The highest BCUT2D eigenvalue weighted by atomic mass is 32.3. The zero-order valence-electron chi connectivity index (χ0n) is 6.23. The Morgan fingerprint density at radius 1 is 1.64 bits per heavy atom. The first-order valence-electron chi connectivity index (χ1n) is 2.81. The lowest BCUT2D eigenvalue weighted by Crippen LogP contribution is -2.01. The fourth-order valence-electron chi connectivity index (χ4n) is 0.149. The maximum atomic E-state index is 9.56. The van der Waals surface area contributed by atoms with Crippen molar-refractivity contribution in [1.82, 2.24) is 0 Å². The Bertz CT molecular complexity index is 171. The van der Waals surface area contributed by atoms with E-state index >= 15 is 0 Å². The highest BCUT2D eigenvalue weighted by Crippen LogP contribution is 1.81. The van der Waals surface area contributed by atoms with Gasteiger partial charge in [0.25, 0.3) is 0 Å². The number of hydrogen-bond donors (Lipinski definition) is 2. The van der Waals surface area contributed by atoms with Crippen LogP contribution in [0.1, 0.15) is 6.92 Å². The van der Waals surface area contributed by atoms with E-state index in [9.17, 15) is 8.42 Å². The van der Waals surface area contributed by atoms with Gasteiger partial charge in [0.05, 0.1) is 13.2 Å². The smallest absolute Gasteiger partial charge is 0.392 e. The molecule has 0 aliphatic rings. The summed E-state index contributed by atoms with van der Waals surface area (Å²) >= 11 is 0. The summed E-state index contributed by atoms with van der Waals surface area (Å²) in [6.07, 6.45) is 1.43. The molecular weight excluding hydrogens is 172 g/mol. The average molecular weight is 184 g/mol. The summed E-state index contributed by atoms with van der Waals surface area (Å²) in [5, 5.41) is 7.76. The van der Waals surface area contributed by atoms with Gasteiger partial charge in [-0.25, -0.2) is 4.18 Å². The summed E-state index contributed by atoms with van der Waals surface area (Å²) in [5.74, 6) is 0. The zero-order chi connectivity index (χ0) is 9.33. The Labute approximate surface area is 66.3 Å². The van der Waals surface area contributed by atoms with Crippen LogP contribution in [-0.2, 0) is 14.6 Å². The highest BCUT2D eigenvalue weighted by Gasteiger charge is 1.98. The maximum absolute atomic E-state index is 9.56. The summed E-state index contributed by atoms with van der Waals surface area (Å²) in [4.78, 5) is 0. The van der Waals surface area contributed by atoms with Crippen LogP contribution in [-0.4, -0.2) is 31.3 Å². The van der Waals surface area contributed by atoms with E-state index in [2.05, 4.69) is 10.8 Å². The minimum Gasteiger partial charge on any atom is -0.392 e. The Kier molecular flexibility index (Phi) is 9.20. The van der Waals surface area contributed by atoms with Crippen molar-refractivity contribution in [3.05, 3.63) is 12.7 Å². The van der Waals surface area contributed by atoms with Crippen molar-refractivity contribution in [1.29, 1.82) is 0 Å². The van der Waals surface area contributed by atoms with Crippen LogP contribution in [0.4, 0.5) is 0 Å². The lowest BCUT2D eigenvalue weighted by atomic mass is 10.7. The van der Waals surface area contributed by atoms with E-state index in [1.54, 1.807) is 0 Å². The fourth-order valence-corrected chi connectivity index (χ4v) is 0.447. The third kappa shape index (κ3) is 26.3. The second-order valence-electron chi connectivity index (χ2n) is 1.31. The van der Waals surface area contributed by atoms with Gasteiger partial charge >= 0.3 is 10.4 Å². The van der Waals surface area contributed by atoms with Gasteiger partial charge in [0.1, 0.15) is 0 Å². The van der Waals surface area contributed by atoms with Crippen LogP contribution in [0.25, 0.3) is 0 Å². The minimum atomic E-state index is -4.17. The summed E-state index contributed by atoms with van der Waals surface area (Å²) in [5.41, 5.74) is 0. The van der Waals surface area contributed by atoms with Crippen LogP contribution in [0.3, 0.4) is 0 Å². The normalized spacial score (nSPS) is 9.73. The van der Waals surface area contributed by atoms with Gasteiger partial charge in [-0.15, -0.1) is 6.58 Å². The van der Waals surface area contributed by atoms with Gasteiger partial charge in [0, 0.05) is 0 Å². The van der Waals surface area contributed by atoms with Gasteiger partial charge in [0.15, 0.2) is 0 Å². The summed E-state index contributed by atoms with van der Waals surface area (Å²) < 4.78 is 30.7. The fraction of sp³-hybridized carbons (Fsp3) is 0.600. The molecule has 5 nitrogen and oxygen atoms in total. The Hall–Kier alpha value is -0.430. The van der Waals surface area contributed by atoms with E-state index in [1.807, 2.05) is 0 Å². The van der Waals surface area contributed by atoms with Gasteiger partial charge in [-0.2, -0.15) is 8.42 Å². The second kappa shape index (κ2) is 7.67. The third-order valence-corrected chi connectivity index (χ3v) is 0.929. The van der Waals surface area contributed by atoms with Crippen molar-refractivity contribution < 1.29 is 22.3 Å². The van der Waals surface area contributed by atoms with E-state index in [0.29, 0.717) is 0 Å². The van der Waals surface area contributed by atoms with E-state index in [-0.39, 0.29) is 13.2 Å². The molecular formula is C5H12O5S. The largest absolute Gasteiger partial charge is 0.397 e. The Morgan fingerprint density at radius 3 is 2.00 bits per heavy atom. The molecule has 0 bridgehead atoms. The van der Waals surface area contributed by atoms with Crippen LogP contribution in [0.5, 0.6) is 0 Å². The molecule has 0 aliphatic heterocycles. The minimum absolute atomic E-state index is 0.0289. The van der Waals surface area contributed by atoms with Gasteiger partial charge in [-0.05, 0) is 6.92 Å². The molecule has 0 heterocycles. The summed E-state index contributed by atoms with van der Waals surface area (Å²) in [6.45, 7) is 4.75. The highest BCUT2D eigenvalue weighted by molar-refractivity contribution is 7.80.